The summed E-state index contributed by atoms with van der Waals surface area (Å²) in [5.41, 5.74) is 0. The number of piperazine rings is 1. The van der Waals surface area contributed by atoms with Gasteiger partial charge in [0.2, 0.25) is 0 Å². The van der Waals surface area contributed by atoms with E-state index >= 15 is 0 Å². The van der Waals surface area contributed by atoms with Crippen molar-refractivity contribution < 1.29 is 9.90 Å². The molecule has 118 valence electrons. The molecule has 2 N–H and O–H groups in total. The number of nitrogens with one attached hydrogen (secondary N) is 1. The first kappa shape index (κ1) is 17.2. The number of hydrogen-bond donors (Lipinski definition) is 2. The summed E-state index contributed by atoms with van der Waals surface area (Å²) in [6.07, 6.45) is 4.40. The highest BCUT2D eigenvalue weighted by Crippen LogP contribution is 2.14. The second kappa shape index (κ2) is 9.19. The van der Waals surface area contributed by atoms with Gasteiger partial charge in [-0.2, -0.15) is 0 Å². The third-order valence-corrected chi connectivity index (χ3v) is 4.25. The molecule has 1 rings (SSSR count). The molecule has 2 atom stereocenters. The third-order valence-electron chi connectivity index (χ3n) is 4.25. The van der Waals surface area contributed by atoms with Crippen LogP contribution in [0, 0.1) is 0 Å². The largest absolute Gasteiger partial charge is 0.394 e. The molecule has 0 bridgehead atoms. The van der Waals surface area contributed by atoms with E-state index in [9.17, 15) is 4.79 Å². The second-order valence-electron chi connectivity index (χ2n) is 5.61. The van der Waals surface area contributed by atoms with Gasteiger partial charge in [0.05, 0.1) is 12.6 Å². The Bertz CT molecular complexity index is 274. The van der Waals surface area contributed by atoms with Crippen molar-refractivity contribution in [1.82, 2.24) is 15.1 Å². The molecule has 0 saturated carbocycles. The normalized spacial score (nSPS) is 19.7. The van der Waals surface area contributed by atoms with E-state index in [1.807, 2.05) is 11.8 Å². The minimum Gasteiger partial charge on any atom is -0.394 e. The summed E-state index contributed by atoms with van der Waals surface area (Å²) in [6.45, 7) is 9.94. The maximum Gasteiger partial charge on any atom is 0.317 e. The highest BCUT2D eigenvalue weighted by atomic mass is 16.3. The quantitative estimate of drug-likeness (QED) is 0.748. The molecule has 1 aliphatic heterocycles. The molecular formula is C15H31N3O2. The van der Waals surface area contributed by atoms with E-state index in [1.165, 1.54) is 19.3 Å². The van der Waals surface area contributed by atoms with E-state index in [2.05, 4.69) is 24.1 Å². The summed E-state index contributed by atoms with van der Waals surface area (Å²) in [6, 6.07) is 0.504. The molecular weight excluding hydrogens is 254 g/mol. The van der Waals surface area contributed by atoms with Crippen molar-refractivity contribution in [3.63, 3.8) is 0 Å². The van der Waals surface area contributed by atoms with Crippen LogP contribution in [0.5, 0.6) is 0 Å². The standard InChI is InChI=1S/C15H31N3O2/c1-4-7-14(6-3)17-8-10-18(11-9-17)15(20)16-13(5-2)12-19/h13-14,19H,4-12H2,1-3H3,(H,16,20). The van der Waals surface area contributed by atoms with Gasteiger partial charge in [0.15, 0.2) is 0 Å². The Morgan fingerprint density at radius 1 is 1.15 bits per heavy atom. The van der Waals surface area contributed by atoms with Crippen molar-refractivity contribution in [1.29, 1.82) is 0 Å². The lowest BCUT2D eigenvalue weighted by Crippen LogP contribution is -2.55. The molecule has 1 aliphatic rings. The Balaban J connectivity index is 2.39. The van der Waals surface area contributed by atoms with Gasteiger partial charge in [0.25, 0.3) is 0 Å². The van der Waals surface area contributed by atoms with E-state index in [1.54, 1.807) is 0 Å². The lowest BCUT2D eigenvalue weighted by Gasteiger charge is -2.39. The van der Waals surface area contributed by atoms with Crippen LogP contribution in [-0.4, -0.2) is 65.8 Å². The highest BCUT2D eigenvalue weighted by molar-refractivity contribution is 5.74. The lowest BCUT2D eigenvalue weighted by molar-refractivity contribution is 0.0988. The molecule has 0 aromatic rings. The molecule has 0 aliphatic carbocycles. The SMILES string of the molecule is CCCC(CC)N1CCN(C(=O)NC(CC)CO)CC1. The molecule has 0 spiro atoms. The minimum absolute atomic E-state index is 0.0105. The number of aliphatic hydroxyl groups is 1. The van der Waals surface area contributed by atoms with Crippen LogP contribution in [0.3, 0.4) is 0 Å². The molecule has 1 fully saturated rings. The Hall–Kier alpha value is -0.810. The van der Waals surface area contributed by atoms with Gasteiger partial charge < -0.3 is 15.3 Å². The van der Waals surface area contributed by atoms with Gasteiger partial charge >= 0.3 is 6.03 Å². The van der Waals surface area contributed by atoms with Crippen LogP contribution in [0.2, 0.25) is 0 Å². The van der Waals surface area contributed by atoms with Crippen molar-refractivity contribution in [2.75, 3.05) is 32.8 Å². The Labute approximate surface area is 123 Å². The van der Waals surface area contributed by atoms with Crippen molar-refractivity contribution in [2.45, 2.75) is 58.5 Å². The van der Waals surface area contributed by atoms with Crippen LogP contribution >= 0.6 is 0 Å². The van der Waals surface area contributed by atoms with E-state index in [4.69, 9.17) is 5.11 Å². The molecule has 5 heteroatoms. The number of amides is 2. The van der Waals surface area contributed by atoms with Gasteiger partial charge in [-0.1, -0.05) is 27.2 Å². The number of rotatable bonds is 7. The molecule has 5 nitrogen and oxygen atoms in total. The highest BCUT2D eigenvalue weighted by Gasteiger charge is 2.25. The lowest BCUT2D eigenvalue weighted by atomic mass is 10.1. The maximum atomic E-state index is 12.1. The number of carbonyl (C=O) groups excluding carboxylic acids is 1. The van der Waals surface area contributed by atoms with E-state index in [0.717, 1.165) is 32.6 Å². The van der Waals surface area contributed by atoms with Crippen LogP contribution in [0.25, 0.3) is 0 Å². The number of aliphatic hydroxyl groups excluding tert-OH is 1. The van der Waals surface area contributed by atoms with Gasteiger partial charge in [-0.15, -0.1) is 0 Å². The van der Waals surface area contributed by atoms with Crippen molar-refractivity contribution in [2.24, 2.45) is 0 Å². The number of nitrogens with zero attached hydrogens (tertiary/aromatic N) is 2. The van der Waals surface area contributed by atoms with Crippen molar-refractivity contribution >= 4 is 6.03 Å². The fraction of sp³-hybridized carbons (Fsp3) is 0.933. The van der Waals surface area contributed by atoms with Crippen molar-refractivity contribution in [3.05, 3.63) is 0 Å². The zero-order chi connectivity index (χ0) is 15.0. The zero-order valence-electron chi connectivity index (χ0n) is 13.3. The van der Waals surface area contributed by atoms with Crippen LogP contribution in [0.4, 0.5) is 4.79 Å². The summed E-state index contributed by atoms with van der Waals surface area (Å²) >= 11 is 0. The molecule has 2 amide bonds. The van der Waals surface area contributed by atoms with Crippen LogP contribution in [0.1, 0.15) is 46.5 Å². The zero-order valence-corrected chi connectivity index (χ0v) is 13.3. The number of hydrogen-bond acceptors (Lipinski definition) is 3. The van der Waals surface area contributed by atoms with Gasteiger partial charge in [0, 0.05) is 32.2 Å². The average Bonchev–Trinajstić information content (AvgIpc) is 2.50. The van der Waals surface area contributed by atoms with Gasteiger partial charge in [-0.3, -0.25) is 4.90 Å². The Kier molecular flexibility index (Phi) is 7.92. The number of carbonyl (C=O) groups is 1. The van der Waals surface area contributed by atoms with Crippen LogP contribution in [0.15, 0.2) is 0 Å². The predicted octanol–water partition coefficient (Wildman–Crippen LogP) is 1.66. The molecule has 20 heavy (non-hydrogen) atoms. The monoisotopic (exact) mass is 285 g/mol. The molecule has 0 radical (unpaired) electrons. The molecule has 1 saturated heterocycles. The Morgan fingerprint density at radius 3 is 2.25 bits per heavy atom. The fourth-order valence-corrected chi connectivity index (χ4v) is 2.81. The van der Waals surface area contributed by atoms with Crippen LogP contribution < -0.4 is 5.32 Å². The first-order valence-corrected chi connectivity index (χ1v) is 8.06. The van der Waals surface area contributed by atoms with Crippen LogP contribution in [-0.2, 0) is 0 Å². The fourth-order valence-electron chi connectivity index (χ4n) is 2.81. The predicted molar refractivity (Wildman–Crippen MR) is 81.8 cm³/mol. The summed E-state index contributed by atoms with van der Waals surface area (Å²) in [5.74, 6) is 0. The molecule has 0 aromatic carbocycles. The summed E-state index contributed by atoms with van der Waals surface area (Å²) in [5, 5.41) is 12.0. The summed E-state index contributed by atoms with van der Waals surface area (Å²) in [7, 11) is 0. The van der Waals surface area contributed by atoms with Gasteiger partial charge in [-0.25, -0.2) is 4.79 Å². The topological polar surface area (TPSA) is 55.8 Å². The summed E-state index contributed by atoms with van der Waals surface area (Å²) in [4.78, 5) is 16.5. The van der Waals surface area contributed by atoms with E-state index in [-0.39, 0.29) is 18.7 Å². The minimum atomic E-state index is -0.121. The first-order valence-electron chi connectivity index (χ1n) is 8.06. The summed E-state index contributed by atoms with van der Waals surface area (Å²) < 4.78 is 0. The molecule has 0 aromatic heterocycles. The molecule has 2 unspecified atom stereocenters. The average molecular weight is 285 g/mol. The van der Waals surface area contributed by atoms with Gasteiger partial charge in [-0.05, 0) is 19.3 Å². The van der Waals surface area contributed by atoms with E-state index < -0.39 is 0 Å². The van der Waals surface area contributed by atoms with Gasteiger partial charge in [0.1, 0.15) is 0 Å². The van der Waals surface area contributed by atoms with E-state index in [0.29, 0.717) is 6.04 Å². The smallest absolute Gasteiger partial charge is 0.317 e. The maximum absolute atomic E-state index is 12.1. The van der Waals surface area contributed by atoms with Crippen molar-refractivity contribution in [3.8, 4) is 0 Å². The molecule has 1 heterocycles. The number of urea groups is 1. The second-order valence-corrected chi connectivity index (χ2v) is 5.61. The first-order chi connectivity index (χ1) is 9.65. The third kappa shape index (κ3) is 4.94. The Morgan fingerprint density at radius 2 is 1.80 bits per heavy atom.